The minimum Gasteiger partial charge on any atom is -0.369 e. The molecule has 5 aliphatic rings. The highest BCUT2D eigenvalue weighted by Crippen LogP contribution is 2.60. The van der Waals surface area contributed by atoms with Gasteiger partial charge in [-0.2, -0.15) is 4.72 Å². The topological polar surface area (TPSA) is 118 Å². The summed E-state index contributed by atoms with van der Waals surface area (Å²) < 4.78 is 29.7. The van der Waals surface area contributed by atoms with Gasteiger partial charge in [-0.1, -0.05) is 36.9 Å². The fourth-order valence-electron chi connectivity index (χ4n) is 7.57. The molecule has 2 amide bonds. The summed E-state index contributed by atoms with van der Waals surface area (Å²) in [5.41, 5.74) is 4.68. The summed E-state index contributed by atoms with van der Waals surface area (Å²) in [4.78, 5) is 26.2. The average Bonchev–Trinajstić information content (AvgIpc) is 2.77. The number of rotatable bonds is 6. The van der Waals surface area contributed by atoms with Crippen molar-refractivity contribution in [1.82, 2.24) is 10.0 Å². The normalized spacial score (nSPS) is 34.1. The van der Waals surface area contributed by atoms with Crippen molar-refractivity contribution < 1.29 is 18.0 Å². The lowest BCUT2D eigenvalue weighted by Crippen LogP contribution is -2.66. The average molecular weight is 508 g/mol. The predicted octanol–water partition coefficient (Wildman–Crippen LogP) is 3.43. The number of carbonyl (C=O) groups excluding carboxylic acids is 2. The second-order valence-corrected chi connectivity index (χ2v) is 13.3. The van der Waals surface area contributed by atoms with E-state index in [9.17, 15) is 18.0 Å². The number of nitrogens with one attached hydrogen (secondary N) is 2. The fraction of sp³-hybridized carbons (Fsp3) is 0.680. The van der Waals surface area contributed by atoms with E-state index in [4.69, 9.17) is 17.3 Å². The molecule has 4 bridgehead atoms. The van der Waals surface area contributed by atoms with Crippen LogP contribution in [0.5, 0.6) is 0 Å². The van der Waals surface area contributed by atoms with Crippen molar-refractivity contribution in [2.45, 2.75) is 87.6 Å². The van der Waals surface area contributed by atoms with Gasteiger partial charge < -0.3 is 11.1 Å². The van der Waals surface area contributed by atoms with Gasteiger partial charge >= 0.3 is 0 Å². The number of sulfonamides is 1. The molecule has 5 aliphatic carbocycles. The van der Waals surface area contributed by atoms with E-state index in [1.54, 1.807) is 19.1 Å². The highest BCUT2D eigenvalue weighted by molar-refractivity contribution is 7.89. The monoisotopic (exact) mass is 507 g/mol. The zero-order valence-corrected chi connectivity index (χ0v) is 21.2. The number of benzene rings is 1. The van der Waals surface area contributed by atoms with E-state index in [1.807, 2.05) is 0 Å². The predicted molar refractivity (Wildman–Crippen MR) is 129 cm³/mol. The van der Waals surface area contributed by atoms with Crippen LogP contribution in [0.4, 0.5) is 0 Å². The van der Waals surface area contributed by atoms with Crippen LogP contribution in [-0.2, 0) is 19.6 Å². The number of primary amides is 1. The van der Waals surface area contributed by atoms with E-state index in [1.165, 1.54) is 6.07 Å². The summed E-state index contributed by atoms with van der Waals surface area (Å²) in [6.45, 7) is 1.67. The molecule has 1 aromatic carbocycles. The van der Waals surface area contributed by atoms with Gasteiger partial charge in [-0.25, -0.2) is 8.42 Å². The van der Waals surface area contributed by atoms with Crippen molar-refractivity contribution in [2.24, 2.45) is 28.9 Å². The van der Waals surface area contributed by atoms with Crippen molar-refractivity contribution in [1.29, 1.82) is 0 Å². The van der Waals surface area contributed by atoms with Crippen LogP contribution in [0, 0.1) is 30.1 Å². The molecule has 4 N–H and O–H groups in total. The van der Waals surface area contributed by atoms with Crippen LogP contribution in [0.2, 0.25) is 5.02 Å². The van der Waals surface area contributed by atoms with Crippen LogP contribution in [0.25, 0.3) is 0 Å². The van der Waals surface area contributed by atoms with Crippen LogP contribution in [-0.4, -0.2) is 31.8 Å². The van der Waals surface area contributed by atoms with Gasteiger partial charge in [0.1, 0.15) is 5.54 Å². The van der Waals surface area contributed by atoms with Crippen LogP contribution in [0.15, 0.2) is 23.1 Å². The minimum absolute atomic E-state index is 0.0345. The second kappa shape index (κ2) is 8.49. The number of amides is 2. The van der Waals surface area contributed by atoms with Crippen LogP contribution in [0.3, 0.4) is 0 Å². The van der Waals surface area contributed by atoms with Gasteiger partial charge in [0, 0.05) is 16.5 Å². The van der Waals surface area contributed by atoms with E-state index >= 15 is 0 Å². The van der Waals surface area contributed by atoms with E-state index in [-0.39, 0.29) is 34.6 Å². The Hall–Kier alpha value is -1.64. The lowest BCUT2D eigenvalue weighted by molar-refractivity contribution is -0.148. The van der Waals surface area contributed by atoms with Gasteiger partial charge in [-0.05, 0) is 87.3 Å². The summed E-state index contributed by atoms with van der Waals surface area (Å²) in [5, 5.41) is 3.66. The van der Waals surface area contributed by atoms with E-state index in [2.05, 4.69) is 10.0 Å². The quantitative estimate of drug-likeness (QED) is 0.546. The molecule has 6 rings (SSSR count). The van der Waals surface area contributed by atoms with E-state index in [0.717, 1.165) is 51.4 Å². The molecule has 2 unspecified atom stereocenters. The Morgan fingerprint density at radius 3 is 2.32 bits per heavy atom. The molecular weight excluding hydrogens is 474 g/mol. The van der Waals surface area contributed by atoms with E-state index in [0.29, 0.717) is 29.3 Å². The molecular formula is C25H34ClN3O4S. The standard InChI is InChI=1S/C25H34ClN3O4S/c1-15-19(26)6-5-7-20(15)34(32,33)29-25(8-3-2-4-9-25)23(31)28-21-17-10-16-11-18(21)14-24(12-16,13-17)22(27)30/h5-7,16-18,21,29H,2-4,8-14H2,1H3,(H2,27,30)(H,28,31). The number of carbonyl (C=O) groups is 2. The van der Waals surface area contributed by atoms with Gasteiger partial charge in [0.2, 0.25) is 21.8 Å². The molecule has 7 nitrogen and oxygen atoms in total. The zero-order valence-electron chi connectivity index (χ0n) is 19.6. The van der Waals surface area contributed by atoms with Crippen molar-refractivity contribution in [3.05, 3.63) is 28.8 Å². The Morgan fingerprint density at radius 1 is 1.06 bits per heavy atom. The molecule has 0 spiro atoms. The van der Waals surface area contributed by atoms with Crippen LogP contribution >= 0.6 is 11.6 Å². The second-order valence-electron chi connectivity index (χ2n) is 11.2. The van der Waals surface area contributed by atoms with Gasteiger partial charge in [-0.15, -0.1) is 0 Å². The minimum atomic E-state index is -3.96. The number of hydrogen-bond acceptors (Lipinski definition) is 4. The molecule has 186 valence electrons. The fourth-order valence-corrected chi connectivity index (χ4v) is 9.50. The van der Waals surface area contributed by atoms with Crippen molar-refractivity contribution in [3.8, 4) is 0 Å². The third-order valence-corrected chi connectivity index (χ3v) is 11.2. The molecule has 0 aromatic heterocycles. The highest BCUT2D eigenvalue weighted by atomic mass is 35.5. The Morgan fingerprint density at radius 2 is 1.71 bits per heavy atom. The molecule has 0 saturated heterocycles. The molecule has 2 atom stereocenters. The van der Waals surface area contributed by atoms with Crippen molar-refractivity contribution >= 4 is 33.4 Å². The zero-order chi connectivity index (χ0) is 24.3. The molecule has 1 aromatic rings. The SMILES string of the molecule is Cc1c(Cl)cccc1S(=O)(=O)NC1(C(=O)NC2C3CC4CC2CC(C(N)=O)(C4)C3)CCCCC1. The maximum atomic E-state index is 13.8. The molecule has 0 radical (unpaired) electrons. The number of nitrogens with two attached hydrogens (primary N) is 1. The summed E-state index contributed by atoms with van der Waals surface area (Å²) in [7, 11) is -3.96. The summed E-state index contributed by atoms with van der Waals surface area (Å²) in [6, 6.07) is 4.76. The Bertz CT molecular complexity index is 1100. The summed E-state index contributed by atoms with van der Waals surface area (Å²) in [6.07, 6.45) is 7.79. The third kappa shape index (κ3) is 3.95. The van der Waals surface area contributed by atoms with Gasteiger partial charge in [0.25, 0.3) is 0 Å². The van der Waals surface area contributed by atoms with Crippen molar-refractivity contribution in [2.75, 3.05) is 0 Å². The molecule has 0 aliphatic heterocycles. The Labute approximate surface area is 206 Å². The van der Waals surface area contributed by atoms with Gasteiger partial charge in [0.05, 0.1) is 4.90 Å². The first-order valence-corrected chi connectivity index (χ1v) is 14.3. The largest absolute Gasteiger partial charge is 0.369 e. The molecule has 5 saturated carbocycles. The van der Waals surface area contributed by atoms with E-state index < -0.39 is 21.0 Å². The number of hydrogen-bond donors (Lipinski definition) is 3. The number of halogens is 1. The Kier molecular flexibility index (Phi) is 6.01. The smallest absolute Gasteiger partial charge is 0.241 e. The first kappa shape index (κ1) is 24.1. The maximum Gasteiger partial charge on any atom is 0.241 e. The van der Waals surface area contributed by atoms with Gasteiger partial charge in [-0.3, -0.25) is 9.59 Å². The maximum absolute atomic E-state index is 13.8. The van der Waals surface area contributed by atoms with Gasteiger partial charge in [0.15, 0.2) is 0 Å². The van der Waals surface area contributed by atoms with Crippen LogP contribution in [0.1, 0.15) is 69.8 Å². The summed E-state index contributed by atoms with van der Waals surface area (Å²) >= 11 is 6.19. The first-order valence-electron chi connectivity index (χ1n) is 12.5. The lowest BCUT2D eigenvalue weighted by atomic mass is 9.47. The molecule has 9 heteroatoms. The molecule has 0 heterocycles. The Balaban J connectivity index is 1.40. The lowest BCUT2D eigenvalue weighted by Gasteiger charge is -2.59. The summed E-state index contributed by atoms with van der Waals surface area (Å²) in [5.74, 6) is 0.488. The molecule has 34 heavy (non-hydrogen) atoms. The highest BCUT2D eigenvalue weighted by Gasteiger charge is 2.58. The van der Waals surface area contributed by atoms with Crippen molar-refractivity contribution in [3.63, 3.8) is 0 Å². The first-order chi connectivity index (χ1) is 16.1. The third-order valence-electron chi connectivity index (χ3n) is 9.07. The van der Waals surface area contributed by atoms with Crippen LogP contribution < -0.4 is 15.8 Å². The molecule has 5 fully saturated rings.